The topological polar surface area (TPSA) is 99.2 Å². The number of aromatic hydroxyl groups is 1. The molecule has 4 aromatic rings. The molecule has 4 rings (SSSR count). The number of aromatic nitrogens is 1. The Labute approximate surface area is 171 Å². The highest BCUT2D eigenvalue weighted by Gasteiger charge is 2.18. The summed E-state index contributed by atoms with van der Waals surface area (Å²) in [5.41, 5.74) is 3.30. The zero-order valence-electron chi connectivity index (χ0n) is 16.2. The summed E-state index contributed by atoms with van der Waals surface area (Å²) in [7, 11) is 0. The highest BCUT2D eigenvalue weighted by molar-refractivity contribution is 6.05. The molecule has 0 spiro atoms. The van der Waals surface area contributed by atoms with E-state index in [1.165, 1.54) is 18.2 Å². The maximum absolute atomic E-state index is 14.2. The molecule has 2 N–H and O–H groups in total. The molecule has 7 heteroatoms. The van der Waals surface area contributed by atoms with Crippen LogP contribution in [0.15, 0.2) is 52.9 Å². The summed E-state index contributed by atoms with van der Waals surface area (Å²) in [6.45, 7) is 3.61. The molecule has 0 aliphatic rings. The van der Waals surface area contributed by atoms with E-state index in [0.29, 0.717) is 27.9 Å². The summed E-state index contributed by atoms with van der Waals surface area (Å²) in [4.78, 5) is 16.9. The highest BCUT2D eigenvalue weighted by atomic mass is 19.1. The number of carbonyl (C=O) groups is 1. The quantitative estimate of drug-likeness (QED) is 0.466. The Morgan fingerprint density at radius 2 is 1.97 bits per heavy atom. The lowest BCUT2D eigenvalue weighted by Crippen LogP contribution is -2.14. The molecular weight excluding hydrogens is 385 g/mol. The van der Waals surface area contributed by atoms with Crippen molar-refractivity contribution in [3.8, 4) is 23.3 Å². The smallest absolute Gasteiger partial charge is 0.258 e. The van der Waals surface area contributed by atoms with E-state index in [0.717, 1.165) is 11.6 Å². The first-order valence-electron chi connectivity index (χ1n) is 9.08. The number of phenolic OH excluding ortho intramolecular Hbond substituents is 1. The van der Waals surface area contributed by atoms with Crippen LogP contribution in [-0.4, -0.2) is 16.0 Å². The van der Waals surface area contributed by atoms with E-state index in [1.807, 2.05) is 25.1 Å². The van der Waals surface area contributed by atoms with Gasteiger partial charge in [0.1, 0.15) is 17.1 Å². The molecule has 0 bridgehead atoms. The number of nitrogens with zero attached hydrogens (tertiary/aromatic N) is 2. The third-order valence-electron chi connectivity index (χ3n) is 4.67. The van der Waals surface area contributed by atoms with Gasteiger partial charge in [-0.2, -0.15) is 5.26 Å². The number of nitriles is 1. The van der Waals surface area contributed by atoms with Crippen molar-refractivity contribution in [2.45, 2.75) is 13.8 Å². The van der Waals surface area contributed by atoms with Crippen LogP contribution in [0.1, 0.15) is 27.0 Å². The van der Waals surface area contributed by atoms with E-state index in [2.05, 4.69) is 10.3 Å². The Morgan fingerprint density at radius 1 is 1.17 bits per heavy atom. The highest BCUT2D eigenvalue weighted by Crippen LogP contribution is 2.36. The molecule has 0 atom stereocenters. The Morgan fingerprint density at radius 3 is 2.70 bits per heavy atom. The van der Waals surface area contributed by atoms with Gasteiger partial charge < -0.3 is 14.8 Å². The summed E-state index contributed by atoms with van der Waals surface area (Å²) in [5, 5.41) is 22.0. The fourth-order valence-electron chi connectivity index (χ4n) is 3.13. The van der Waals surface area contributed by atoms with Crippen molar-refractivity contribution in [1.82, 2.24) is 4.98 Å². The first kappa shape index (κ1) is 19.2. The van der Waals surface area contributed by atoms with Crippen LogP contribution < -0.4 is 5.32 Å². The van der Waals surface area contributed by atoms with Gasteiger partial charge >= 0.3 is 0 Å². The lowest BCUT2D eigenvalue weighted by atomic mass is 10.1. The molecule has 6 nitrogen and oxygen atoms in total. The molecular formula is C23H16FN3O3. The second-order valence-electron chi connectivity index (χ2n) is 6.94. The molecule has 1 aromatic heterocycles. The SMILES string of the molecule is Cc1ccc2oc(-c3cc(NC(=O)c4ccc(C#N)cc4F)cc(C)c3O)nc2c1. The van der Waals surface area contributed by atoms with Gasteiger partial charge in [-0.25, -0.2) is 9.37 Å². The number of nitrogens with one attached hydrogen (secondary N) is 1. The second-order valence-corrected chi connectivity index (χ2v) is 6.94. The molecule has 0 aliphatic heterocycles. The van der Waals surface area contributed by atoms with Crippen LogP contribution in [0.4, 0.5) is 10.1 Å². The van der Waals surface area contributed by atoms with Crippen molar-refractivity contribution in [3.05, 3.63) is 76.6 Å². The maximum Gasteiger partial charge on any atom is 0.258 e. The fraction of sp³-hybridized carbons (Fsp3) is 0.0870. The number of hydrogen-bond donors (Lipinski definition) is 2. The van der Waals surface area contributed by atoms with E-state index in [9.17, 15) is 14.3 Å². The number of amides is 1. The zero-order valence-corrected chi connectivity index (χ0v) is 16.2. The largest absolute Gasteiger partial charge is 0.507 e. The molecule has 0 saturated carbocycles. The van der Waals surface area contributed by atoms with E-state index < -0.39 is 11.7 Å². The number of phenols is 1. The van der Waals surface area contributed by atoms with Gasteiger partial charge in [-0.15, -0.1) is 0 Å². The van der Waals surface area contributed by atoms with Crippen LogP contribution >= 0.6 is 0 Å². The van der Waals surface area contributed by atoms with Gasteiger partial charge in [0.2, 0.25) is 5.89 Å². The van der Waals surface area contributed by atoms with Crippen molar-refractivity contribution in [2.24, 2.45) is 0 Å². The number of halogens is 1. The van der Waals surface area contributed by atoms with Gasteiger partial charge in [0, 0.05) is 5.69 Å². The van der Waals surface area contributed by atoms with Gasteiger partial charge in [-0.05, 0) is 67.4 Å². The van der Waals surface area contributed by atoms with Crippen LogP contribution in [0.2, 0.25) is 0 Å². The Bertz CT molecular complexity index is 1350. The first-order valence-corrected chi connectivity index (χ1v) is 9.08. The minimum Gasteiger partial charge on any atom is -0.507 e. The average molecular weight is 401 g/mol. The third kappa shape index (κ3) is 3.47. The fourth-order valence-corrected chi connectivity index (χ4v) is 3.13. The lowest BCUT2D eigenvalue weighted by molar-refractivity contribution is 0.102. The number of oxazole rings is 1. The molecule has 0 saturated heterocycles. The Hall–Kier alpha value is -4.18. The number of benzene rings is 3. The van der Waals surface area contributed by atoms with Gasteiger partial charge in [0.05, 0.1) is 22.8 Å². The van der Waals surface area contributed by atoms with Crippen molar-refractivity contribution < 1.29 is 18.7 Å². The van der Waals surface area contributed by atoms with Gasteiger partial charge in [0.25, 0.3) is 5.91 Å². The third-order valence-corrected chi connectivity index (χ3v) is 4.67. The van der Waals surface area contributed by atoms with E-state index >= 15 is 0 Å². The van der Waals surface area contributed by atoms with Gasteiger partial charge in [-0.3, -0.25) is 4.79 Å². The monoisotopic (exact) mass is 401 g/mol. The average Bonchev–Trinajstić information content (AvgIpc) is 3.13. The van der Waals surface area contributed by atoms with Crippen LogP contribution in [0, 0.1) is 31.0 Å². The predicted molar refractivity (Wildman–Crippen MR) is 110 cm³/mol. The summed E-state index contributed by atoms with van der Waals surface area (Å²) in [6, 6.07) is 14.1. The number of carbonyl (C=O) groups excluding carboxylic acids is 1. The van der Waals surface area contributed by atoms with Crippen LogP contribution in [-0.2, 0) is 0 Å². The Balaban J connectivity index is 1.71. The van der Waals surface area contributed by atoms with E-state index in [4.69, 9.17) is 9.68 Å². The summed E-state index contributed by atoms with van der Waals surface area (Å²) < 4.78 is 19.9. The minimum atomic E-state index is -0.795. The zero-order chi connectivity index (χ0) is 21.4. The molecule has 30 heavy (non-hydrogen) atoms. The van der Waals surface area contributed by atoms with Crippen molar-refractivity contribution in [1.29, 1.82) is 5.26 Å². The van der Waals surface area contributed by atoms with Crippen LogP contribution in [0.3, 0.4) is 0 Å². The number of aryl methyl sites for hydroxylation is 2. The molecule has 0 fully saturated rings. The standard InChI is InChI=1S/C23H16FN3O3/c1-12-3-6-20-19(7-12)27-23(30-20)17-10-15(8-13(2)21(17)28)26-22(29)16-5-4-14(11-25)9-18(16)24/h3-10,28H,1-2H3,(H,26,29). The minimum absolute atomic E-state index is 0.0270. The number of fused-ring (bicyclic) bond motifs is 1. The maximum atomic E-state index is 14.2. The van der Waals surface area contributed by atoms with Crippen molar-refractivity contribution >= 4 is 22.7 Å². The summed E-state index contributed by atoms with van der Waals surface area (Å²) >= 11 is 0. The normalized spacial score (nSPS) is 10.7. The molecule has 1 heterocycles. The Kier molecular flexibility index (Phi) is 4.68. The van der Waals surface area contributed by atoms with E-state index in [1.54, 1.807) is 19.1 Å². The first-order chi connectivity index (χ1) is 14.4. The van der Waals surface area contributed by atoms with Crippen LogP contribution in [0.5, 0.6) is 5.75 Å². The number of anilines is 1. The molecule has 1 amide bonds. The van der Waals surface area contributed by atoms with Gasteiger partial charge in [-0.1, -0.05) is 6.07 Å². The van der Waals surface area contributed by atoms with Gasteiger partial charge in [0.15, 0.2) is 5.58 Å². The molecule has 0 radical (unpaired) electrons. The molecule has 3 aromatic carbocycles. The lowest BCUT2D eigenvalue weighted by Gasteiger charge is -2.11. The molecule has 0 aliphatic carbocycles. The summed E-state index contributed by atoms with van der Waals surface area (Å²) in [6.07, 6.45) is 0. The van der Waals surface area contributed by atoms with Crippen LogP contribution in [0.25, 0.3) is 22.6 Å². The summed E-state index contributed by atoms with van der Waals surface area (Å²) in [5.74, 6) is -1.30. The number of hydrogen-bond acceptors (Lipinski definition) is 5. The molecule has 148 valence electrons. The number of rotatable bonds is 3. The molecule has 0 unspecified atom stereocenters. The predicted octanol–water partition coefficient (Wildman–Crippen LogP) is 5.08. The van der Waals surface area contributed by atoms with Crippen molar-refractivity contribution in [2.75, 3.05) is 5.32 Å². The van der Waals surface area contributed by atoms with E-state index in [-0.39, 0.29) is 22.8 Å². The van der Waals surface area contributed by atoms with Crippen molar-refractivity contribution in [3.63, 3.8) is 0 Å². The second kappa shape index (κ2) is 7.33.